The van der Waals surface area contributed by atoms with E-state index in [1.165, 1.54) is 18.4 Å². The predicted octanol–water partition coefficient (Wildman–Crippen LogP) is 1.80. The first kappa shape index (κ1) is 14.3. The smallest absolute Gasteiger partial charge is 0.323 e. The van der Waals surface area contributed by atoms with Crippen molar-refractivity contribution < 1.29 is 19.1 Å². The van der Waals surface area contributed by atoms with Crippen LogP contribution in [0.15, 0.2) is 21.2 Å². The van der Waals surface area contributed by atoms with E-state index in [-0.39, 0.29) is 18.9 Å². The second kappa shape index (κ2) is 5.87. The largest absolute Gasteiger partial charge is 0.480 e. The van der Waals surface area contributed by atoms with Crippen LogP contribution in [0, 0.1) is 6.92 Å². The summed E-state index contributed by atoms with van der Waals surface area (Å²) < 4.78 is 5.53. The minimum atomic E-state index is -1.04. The molecule has 0 bridgehead atoms. The number of carboxylic acids is 1. The van der Waals surface area contributed by atoms with E-state index in [2.05, 4.69) is 4.98 Å². The number of nitrogens with zero attached hydrogens (tertiary/aromatic N) is 2. The van der Waals surface area contributed by atoms with E-state index in [4.69, 9.17) is 9.52 Å². The first-order valence-electron chi connectivity index (χ1n) is 5.92. The molecule has 0 fully saturated rings. The van der Waals surface area contributed by atoms with Gasteiger partial charge in [0.2, 0.25) is 11.8 Å². The van der Waals surface area contributed by atoms with Gasteiger partial charge in [0.05, 0.1) is 12.1 Å². The summed E-state index contributed by atoms with van der Waals surface area (Å²) in [5.74, 6) is -0.298. The number of rotatable bonds is 5. The Kier molecular flexibility index (Phi) is 4.19. The van der Waals surface area contributed by atoms with E-state index < -0.39 is 5.97 Å². The van der Waals surface area contributed by atoms with Crippen LogP contribution in [0.3, 0.4) is 0 Å². The van der Waals surface area contributed by atoms with E-state index in [1.807, 2.05) is 16.8 Å². The number of amides is 1. The fourth-order valence-electron chi connectivity index (χ4n) is 1.67. The fraction of sp³-hybridized carbons (Fsp3) is 0.308. The molecule has 0 saturated heterocycles. The summed E-state index contributed by atoms with van der Waals surface area (Å²) in [7, 11) is 1.45. The third-order valence-electron chi connectivity index (χ3n) is 2.78. The Bertz CT molecular complexity index is 618. The zero-order valence-corrected chi connectivity index (χ0v) is 11.9. The highest BCUT2D eigenvalue weighted by molar-refractivity contribution is 7.08. The average molecular weight is 294 g/mol. The molecule has 2 heterocycles. The molecule has 0 saturated carbocycles. The van der Waals surface area contributed by atoms with Gasteiger partial charge in [0.15, 0.2) is 0 Å². The van der Waals surface area contributed by atoms with Gasteiger partial charge >= 0.3 is 5.97 Å². The summed E-state index contributed by atoms with van der Waals surface area (Å²) in [4.78, 5) is 27.9. The molecule has 7 heteroatoms. The molecule has 0 aliphatic carbocycles. The van der Waals surface area contributed by atoms with Gasteiger partial charge in [-0.3, -0.25) is 9.59 Å². The molecule has 106 valence electrons. The van der Waals surface area contributed by atoms with Crippen molar-refractivity contribution >= 4 is 23.2 Å². The highest BCUT2D eigenvalue weighted by atomic mass is 32.1. The Balaban J connectivity index is 2.10. The minimum absolute atomic E-state index is 0.0310. The lowest BCUT2D eigenvalue weighted by atomic mass is 10.2. The molecule has 20 heavy (non-hydrogen) atoms. The van der Waals surface area contributed by atoms with Crippen LogP contribution in [0.1, 0.15) is 11.5 Å². The van der Waals surface area contributed by atoms with Crippen molar-refractivity contribution in [3.8, 4) is 11.5 Å². The van der Waals surface area contributed by atoms with Crippen molar-refractivity contribution in [3.05, 3.63) is 28.3 Å². The molecule has 0 aliphatic heterocycles. The molecule has 0 aromatic carbocycles. The van der Waals surface area contributed by atoms with E-state index in [1.54, 1.807) is 6.92 Å². The molecule has 2 aromatic rings. The van der Waals surface area contributed by atoms with Gasteiger partial charge in [0.25, 0.3) is 0 Å². The van der Waals surface area contributed by atoms with Crippen molar-refractivity contribution in [2.75, 3.05) is 13.6 Å². The standard InChI is InChI=1S/C13H14N2O4S/c1-8-10(5-11(16)15(2)6-12(17)18)14-13(19-8)9-3-4-20-7-9/h3-4,7H,5-6H2,1-2H3,(H,17,18). The highest BCUT2D eigenvalue weighted by Crippen LogP contribution is 2.24. The van der Waals surface area contributed by atoms with Crippen LogP contribution in [-0.2, 0) is 16.0 Å². The van der Waals surface area contributed by atoms with Gasteiger partial charge in [-0.2, -0.15) is 11.3 Å². The summed E-state index contributed by atoms with van der Waals surface area (Å²) in [5.41, 5.74) is 1.41. The lowest BCUT2D eigenvalue weighted by Gasteiger charge is -2.13. The average Bonchev–Trinajstić information content (AvgIpc) is 2.98. The van der Waals surface area contributed by atoms with Gasteiger partial charge in [-0.25, -0.2) is 4.98 Å². The Labute approximate surface area is 119 Å². The molecule has 0 aliphatic rings. The number of hydrogen-bond acceptors (Lipinski definition) is 5. The van der Waals surface area contributed by atoms with Crippen molar-refractivity contribution in [2.45, 2.75) is 13.3 Å². The van der Waals surface area contributed by atoms with Crippen molar-refractivity contribution in [2.24, 2.45) is 0 Å². The van der Waals surface area contributed by atoms with Crippen LogP contribution in [0.25, 0.3) is 11.5 Å². The van der Waals surface area contributed by atoms with Crippen LogP contribution < -0.4 is 0 Å². The normalized spacial score (nSPS) is 10.5. The summed E-state index contributed by atoms with van der Waals surface area (Å²) >= 11 is 1.53. The molecule has 1 N–H and O–H groups in total. The van der Waals surface area contributed by atoms with Crippen molar-refractivity contribution in [1.29, 1.82) is 0 Å². The first-order chi connectivity index (χ1) is 9.47. The summed E-state index contributed by atoms with van der Waals surface area (Å²) in [5, 5.41) is 12.5. The molecule has 0 atom stereocenters. The van der Waals surface area contributed by atoms with Crippen molar-refractivity contribution in [1.82, 2.24) is 9.88 Å². The summed E-state index contributed by atoms with van der Waals surface area (Å²) in [6, 6.07) is 1.89. The van der Waals surface area contributed by atoms with Crippen LogP contribution >= 0.6 is 11.3 Å². The Morgan fingerprint density at radius 3 is 2.85 bits per heavy atom. The molecule has 2 rings (SSSR count). The number of aromatic nitrogens is 1. The summed E-state index contributed by atoms with van der Waals surface area (Å²) in [6.45, 7) is 1.41. The van der Waals surface area contributed by atoms with Crippen LogP contribution in [0.2, 0.25) is 0 Å². The molecule has 2 aromatic heterocycles. The highest BCUT2D eigenvalue weighted by Gasteiger charge is 2.18. The zero-order chi connectivity index (χ0) is 14.7. The number of aliphatic carboxylic acids is 1. The Morgan fingerprint density at radius 2 is 2.25 bits per heavy atom. The fourth-order valence-corrected chi connectivity index (χ4v) is 2.30. The number of carbonyl (C=O) groups excluding carboxylic acids is 1. The first-order valence-corrected chi connectivity index (χ1v) is 6.86. The zero-order valence-electron chi connectivity index (χ0n) is 11.1. The third kappa shape index (κ3) is 3.24. The molecular formula is C13H14N2O4S. The number of carboxylic acid groups (broad SMARTS) is 1. The molecule has 0 radical (unpaired) electrons. The number of likely N-dealkylation sites (N-methyl/N-ethyl adjacent to an activating group) is 1. The minimum Gasteiger partial charge on any atom is -0.480 e. The molecule has 1 amide bonds. The maximum Gasteiger partial charge on any atom is 0.323 e. The van der Waals surface area contributed by atoms with E-state index in [9.17, 15) is 9.59 Å². The van der Waals surface area contributed by atoms with Gasteiger partial charge in [0, 0.05) is 18.0 Å². The quantitative estimate of drug-likeness (QED) is 0.909. The topological polar surface area (TPSA) is 83.6 Å². The lowest BCUT2D eigenvalue weighted by molar-refractivity contribution is -0.143. The number of oxazole rings is 1. The van der Waals surface area contributed by atoms with Gasteiger partial charge < -0.3 is 14.4 Å². The molecule has 6 nitrogen and oxygen atoms in total. The number of aryl methyl sites for hydroxylation is 1. The van der Waals surface area contributed by atoms with E-state index >= 15 is 0 Å². The number of hydrogen-bond donors (Lipinski definition) is 1. The second-order valence-electron chi connectivity index (χ2n) is 4.35. The van der Waals surface area contributed by atoms with Gasteiger partial charge in [-0.15, -0.1) is 0 Å². The van der Waals surface area contributed by atoms with Crippen LogP contribution in [-0.4, -0.2) is 40.5 Å². The molecule has 0 spiro atoms. The summed E-state index contributed by atoms with van der Waals surface area (Å²) in [6.07, 6.45) is 0.0310. The van der Waals surface area contributed by atoms with E-state index in [0.717, 1.165) is 10.5 Å². The third-order valence-corrected chi connectivity index (χ3v) is 3.46. The number of carbonyl (C=O) groups is 2. The lowest BCUT2D eigenvalue weighted by Crippen LogP contribution is -2.33. The Hall–Kier alpha value is -2.15. The maximum atomic E-state index is 11.9. The second-order valence-corrected chi connectivity index (χ2v) is 5.13. The Morgan fingerprint density at radius 1 is 1.50 bits per heavy atom. The predicted molar refractivity (Wildman–Crippen MR) is 73.5 cm³/mol. The SMILES string of the molecule is Cc1oc(-c2ccsc2)nc1CC(=O)N(C)CC(=O)O. The van der Waals surface area contributed by atoms with Gasteiger partial charge in [0.1, 0.15) is 12.3 Å². The molecule has 0 unspecified atom stereocenters. The van der Waals surface area contributed by atoms with Crippen LogP contribution in [0.5, 0.6) is 0 Å². The van der Waals surface area contributed by atoms with Gasteiger partial charge in [-0.05, 0) is 18.4 Å². The maximum absolute atomic E-state index is 11.9. The van der Waals surface area contributed by atoms with Crippen molar-refractivity contribution in [3.63, 3.8) is 0 Å². The van der Waals surface area contributed by atoms with E-state index in [0.29, 0.717) is 17.3 Å². The number of thiophene rings is 1. The monoisotopic (exact) mass is 294 g/mol. The van der Waals surface area contributed by atoms with Gasteiger partial charge in [-0.1, -0.05) is 0 Å². The molecular weight excluding hydrogens is 280 g/mol. The van der Waals surface area contributed by atoms with Crippen LogP contribution in [0.4, 0.5) is 0 Å².